The third kappa shape index (κ3) is 6.16. The fraction of sp³-hybridized carbons (Fsp3) is 0.522. The zero-order valence-electron chi connectivity index (χ0n) is 18.4. The van der Waals surface area contributed by atoms with Crippen molar-refractivity contribution in [2.24, 2.45) is 0 Å². The number of aryl methyl sites for hydroxylation is 2. The Morgan fingerprint density at radius 2 is 1.77 bits per heavy atom. The molecule has 30 heavy (non-hydrogen) atoms. The normalized spacial score (nSPS) is 15.3. The van der Waals surface area contributed by atoms with E-state index in [2.05, 4.69) is 60.4 Å². The second-order valence-corrected chi connectivity index (χ2v) is 8.97. The predicted octanol–water partition coefficient (Wildman–Crippen LogP) is 3.00. The molecule has 3 rings (SSSR count). The maximum atomic E-state index is 12.6. The van der Waals surface area contributed by atoms with Gasteiger partial charge in [-0.2, -0.15) is 0 Å². The maximum absolute atomic E-state index is 12.6. The second kappa shape index (κ2) is 9.43. The molecule has 1 N–H and O–H groups in total. The first-order valence-electron chi connectivity index (χ1n) is 10.5. The number of hydrogen-bond donors (Lipinski definition) is 1. The van der Waals surface area contributed by atoms with Crippen LogP contribution in [0.1, 0.15) is 44.1 Å². The smallest absolute Gasteiger partial charge is 0.239 e. The number of amides is 2. The molecule has 1 aromatic carbocycles. The Balaban J connectivity index is 1.39. The lowest BCUT2D eigenvalue weighted by Crippen LogP contribution is -2.50. The van der Waals surface area contributed by atoms with Crippen LogP contribution in [0.2, 0.25) is 0 Å². The summed E-state index contributed by atoms with van der Waals surface area (Å²) in [7, 11) is 0. The van der Waals surface area contributed by atoms with Crippen molar-refractivity contribution >= 4 is 17.6 Å². The van der Waals surface area contributed by atoms with Crippen molar-refractivity contribution in [1.82, 2.24) is 15.0 Å². The number of anilines is 1. The summed E-state index contributed by atoms with van der Waals surface area (Å²) >= 11 is 0. The first-order chi connectivity index (χ1) is 14.2. The van der Waals surface area contributed by atoms with Crippen LogP contribution >= 0.6 is 0 Å². The van der Waals surface area contributed by atoms with Gasteiger partial charge >= 0.3 is 0 Å². The molecule has 1 fully saturated rings. The Bertz CT molecular complexity index is 859. The molecule has 0 unspecified atom stereocenters. The van der Waals surface area contributed by atoms with Crippen molar-refractivity contribution in [1.29, 1.82) is 0 Å². The summed E-state index contributed by atoms with van der Waals surface area (Å²) in [4.78, 5) is 28.7. The molecule has 0 bridgehead atoms. The molecule has 1 aliphatic rings. The van der Waals surface area contributed by atoms with Crippen molar-refractivity contribution in [3.05, 3.63) is 47.2 Å². The molecular weight excluding hydrogens is 380 g/mol. The van der Waals surface area contributed by atoms with E-state index in [1.165, 1.54) is 11.1 Å². The predicted molar refractivity (Wildman–Crippen MR) is 116 cm³/mol. The van der Waals surface area contributed by atoms with Gasteiger partial charge in [0.1, 0.15) is 5.76 Å². The molecule has 0 radical (unpaired) electrons. The summed E-state index contributed by atoms with van der Waals surface area (Å²) in [6, 6.07) is 10.3. The van der Waals surface area contributed by atoms with Crippen molar-refractivity contribution < 1.29 is 14.1 Å². The minimum Gasteiger partial charge on any atom is -0.360 e. The highest BCUT2D eigenvalue weighted by atomic mass is 16.5. The Morgan fingerprint density at radius 3 is 2.33 bits per heavy atom. The highest BCUT2D eigenvalue weighted by Gasteiger charge is 2.22. The Morgan fingerprint density at radius 1 is 1.10 bits per heavy atom. The summed E-state index contributed by atoms with van der Waals surface area (Å²) < 4.78 is 4.95. The standard InChI is InChI=1S/C23H32N4O3/c1-17-15-20(25-30-17)24-21(28)16-26-11-13-27(14-12-26)22(29)10-7-18-5-8-19(9-6-18)23(2,3)4/h5-6,8-9,15H,7,10-14,16H2,1-4H3,(H,24,25,28). The van der Waals surface area contributed by atoms with Gasteiger partial charge in [-0.25, -0.2) is 0 Å². The average Bonchev–Trinajstić information content (AvgIpc) is 3.10. The van der Waals surface area contributed by atoms with Crippen LogP contribution in [-0.4, -0.2) is 59.5 Å². The van der Waals surface area contributed by atoms with Crippen molar-refractivity contribution in [2.45, 2.75) is 46.0 Å². The molecule has 2 aromatic rings. The quantitative estimate of drug-likeness (QED) is 0.789. The van der Waals surface area contributed by atoms with Crippen molar-refractivity contribution in [3.63, 3.8) is 0 Å². The minimum absolute atomic E-state index is 0.123. The Hall–Kier alpha value is -2.67. The molecule has 2 heterocycles. The van der Waals surface area contributed by atoms with Crippen molar-refractivity contribution in [3.8, 4) is 0 Å². The SMILES string of the molecule is Cc1cc(NC(=O)CN2CCN(C(=O)CCc3ccc(C(C)(C)C)cc3)CC2)no1. The van der Waals surface area contributed by atoms with Crippen LogP contribution in [0.5, 0.6) is 0 Å². The minimum atomic E-state index is -0.123. The zero-order chi connectivity index (χ0) is 21.7. The van der Waals surface area contributed by atoms with Gasteiger partial charge in [0.05, 0.1) is 6.54 Å². The lowest BCUT2D eigenvalue weighted by atomic mass is 9.86. The number of carbonyl (C=O) groups is 2. The zero-order valence-corrected chi connectivity index (χ0v) is 18.4. The molecule has 1 aromatic heterocycles. The summed E-state index contributed by atoms with van der Waals surface area (Å²) in [6.45, 7) is 11.3. The van der Waals surface area contributed by atoms with E-state index in [-0.39, 0.29) is 23.8 Å². The molecule has 2 amide bonds. The fourth-order valence-corrected chi connectivity index (χ4v) is 3.55. The van der Waals surface area contributed by atoms with Crippen LogP contribution in [-0.2, 0) is 21.4 Å². The van der Waals surface area contributed by atoms with Gasteiger partial charge in [0.2, 0.25) is 11.8 Å². The Labute approximate surface area is 178 Å². The lowest BCUT2D eigenvalue weighted by molar-refractivity contribution is -0.133. The first kappa shape index (κ1) is 22.0. The van der Waals surface area contributed by atoms with E-state index in [0.29, 0.717) is 44.2 Å². The van der Waals surface area contributed by atoms with E-state index in [1.54, 1.807) is 13.0 Å². The number of nitrogens with one attached hydrogen (secondary N) is 1. The first-order valence-corrected chi connectivity index (χ1v) is 10.5. The number of rotatable bonds is 6. The second-order valence-electron chi connectivity index (χ2n) is 8.97. The summed E-state index contributed by atoms with van der Waals surface area (Å²) in [5, 5.41) is 6.50. The Kier molecular flexibility index (Phi) is 6.92. The number of nitrogens with zero attached hydrogens (tertiary/aromatic N) is 3. The average molecular weight is 413 g/mol. The van der Waals surface area contributed by atoms with Crippen molar-refractivity contribution in [2.75, 3.05) is 38.0 Å². The molecular formula is C23H32N4O3. The van der Waals surface area contributed by atoms with Crippen LogP contribution in [0.3, 0.4) is 0 Å². The van der Waals surface area contributed by atoms with Crippen LogP contribution < -0.4 is 5.32 Å². The molecule has 7 nitrogen and oxygen atoms in total. The number of aromatic nitrogens is 1. The van der Waals surface area contributed by atoms with Gasteiger partial charge in [0, 0.05) is 38.7 Å². The van der Waals surface area contributed by atoms with Crippen LogP contribution in [0.25, 0.3) is 0 Å². The lowest BCUT2D eigenvalue weighted by Gasteiger charge is -2.34. The van der Waals surface area contributed by atoms with Gasteiger partial charge in [-0.1, -0.05) is 50.2 Å². The molecule has 0 spiro atoms. The van der Waals surface area contributed by atoms with E-state index < -0.39 is 0 Å². The summed E-state index contributed by atoms with van der Waals surface area (Å²) in [5.74, 6) is 1.14. The van der Waals surface area contributed by atoms with Gasteiger partial charge in [0.15, 0.2) is 5.82 Å². The number of hydrogen-bond acceptors (Lipinski definition) is 5. The van der Waals surface area contributed by atoms with E-state index >= 15 is 0 Å². The monoisotopic (exact) mass is 412 g/mol. The molecule has 0 atom stereocenters. The fourth-order valence-electron chi connectivity index (χ4n) is 3.55. The highest BCUT2D eigenvalue weighted by Crippen LogP contribution is 2.22. The maximum Gasteiger partial charge on any atom is 0.239 e. The van der Waals surface area contributed by atoms with Gasteiger partial charge in [-0.3, -0.25) is 14.5 Å². The van der Waals surface area contributed by atoms with Gasteiger partial charge in [-0.15, -0.1) is 0 Å². The molecule has 1 aliphatic heterocycles. The van der Waals surface area contributed by atoms with E-state index in [1.807, 2.05) is 4.90 Å². The number of benzene rings is 1. The van der Waals surface area contributed by atoms with Crippen LogP contribution in [0.15, 0.2) is 34.9 Å². The molecule has 1 saturated heterocycles. The molecule has 7 heteroatoms. The van der Waals surface area contributed by atoms with E-state index in [0.717, 1.165) is 6.42 Å². The van der Waals surface area contributed by atoms with Gasteiger partial charge < -0.3 is 14.7 Å². The van der Waals surface area contributed by atoms with Crippen LogP contribution in [0.4, 0.5) is 5.82 Å². The molecule has 0 saturated carbocycles. The third-order valence-corrected chi connectivity index (χ3v) is 5.44. The van der Waals surface area contributed by atoms with E-state index in [4.69, 9.17) is 4.52 Å². The van der Waals surface area contributed by atoms with Gasteiger partial charge in [-0.05, 0) is 29.9 Å². The molecule has 0 aliphatic carbocycles. The largest absolute Gasteiger partial charge is 0.360 e. The number of carbonyl (C=O) groups excluding carboxylic acids is 2. The van der Waals surface area contributed by atoms with E-state index in [9.17, 15) is 9.59 Å². The topological polar surface area (TPSA) is 78.7 Å². The number of piperazine rings is 1. The summed E-state index contributed by atoms with van der Waals surface area (Å²) in [5.41, 5.74) is 2.63. The third-order valence-electron chi connectivity index (χ3n) is 5.44. The molecule has 162 valence electrons. The summed E-state index contributed by atoms with van der Waals surface area (Å²) in [6.07, 6.45) is 1.27. The van der Waals surface area contributed by atoms with Gasteiger partial charge in [0.25, 0.3) is 0 Å². The highest BCUT2D eigenvalue weighted by molar-refractivity contribution is 5.91. The van der Waals surface area contributed by atoms with Crippen LogP contribution in [0, 0.1) is 6.92 Å².